The van der Waals surface area contributed by atoms with Gasteiger partial charge in [0.05, 0.1) is 18.4 Å². The Morgan fingerprint density at radius 1 is 1.24 bits per heavy atom. The van der Waals surface area contributed by atoms with Crippen LogP contribution in [0.25, 0.3) is 0 Å². The molecule has 0 saturated heterocycles. The molecule has 1 aromatic heterocycles. The van der Waals surface area contributed by atoms with Crippen molar-refractivity contribution in [2.75, 3.05) is 23.4 Å². The highest BCUT2D eigenvalue weighted by molar-refractivity contribution is 5.98. The van der Waals surface area contributed by atoms with Crippen LogP contribution in [-0.4, -0.2) is 17.6 Å². The van der Waals surface area contributed by atoms with Crippen molar-refractivity contribution in [2.24, 2.45) is 4.99 Å². The van der Waals surface area contributed by atoms with Gasteiger partial charge in [-0.05, 0) is 24.1 Å². The van der Waals surface area contributed by atoms with E-state index in [2.05, 4.69) is 26.7 Å². The third kappa shape index (κ3) is 3.95. The summed E-state index contributed by atoms with van der Waals surface area (Å²) in [5.74, 6) is 1.09. The van der Waals surface area contributed by atoms with Crippen molar-refractivity contribution in [1.82, 2.24) is 10.3 Å². The molecule has 0 spiro atoms. The number of nitrogens with one attached hydrogen (secondary N) is 2. The molecule has 144 valence electrons. The van der Waals surface area contributed by atoms with Crippen LogP contribution in [0, 0.1) is 34.1 Å². The summed E-state index contributed by atoms with van der Waals surface area (Å²) in [6, 6.07) is 10.6. The average Bonchev–Trinajstić information content (AvgIpc) is 2.71. The van der Waals surface area contributed by atoms with Crippen LogP contribution in [0.5, 0.6) is 5.75 Å². The second-order valence-electron chi connectivity index (χ2n) is 6.08. The number of unbranched alkanes of at least 4 members (excludes halogenated alkanes) is 1. The molecular formula is C19H17N9O. The fraction of sp³-hybridized carbons (Fsp3) is 0.211. The average molecular weight is 387 g/mol. The SMILES string of the molecule is N#CCCCOc1cccc(C2N=C(NC#N)Nc3nc(N)c(C#N)c(N)c32)c1. The number of guanidine groups is 1. The minimum atomic E-state index is -0.634. The number of nitrogen functional groups attached to an aromatic ring is 2. The third-order valence-corrected chi connectivity index (χ3v) is 4.23. The number of hydrogen-bond acceptors (Lipinski definition) is 10. The van der Waals surface area contributed by atoms with Crippen molar-refractivity contribution < 1.29 is 4.74 Å². The second-order valence-corrected chi connectivity index (χ2v) is 6.08. The molecule has 6 N–H and O–H groups in total. The summed E-state index contributed by atoms with van der Waals surface area (Å²) < 4.78 is 5.69. The van der Waals surface area contributed by atoms with Gasteiger partial charge in [-0.15, -0.1) is 0 Å². The molecule has 0 aliphatic carbocycles. The molecule has 1 atom stereocenters. The van der Waals surface area contributed by atoms with Crippen LogP contribution in [0.2, 0.25) is 0 Å². The number of nitrogens with two attached hydrogens (primary N) is 2. The molecule has 0 fully saturated rings. The second kappa shape index (κ2) is 8.47. The molecule has 1 aliphatic heterocycles. The molecule has 0 bridgehead atoms. The quantitative estimate of drug-likeness (QED) is 0.337. The summed E-state index contributed by atoms with van der Waals surface area (Å²) in [7, 11) is 0. The summed E-state index contributed by atoms with van der Waals surface area (Å²) in [4.78, 5) is 8.72. The monoisotopic (exact) mass is 387 g/mol. The minimum Gasteiger partial charge on any atom is -0.494 e. The molecule has 2 aromatic rings. The Kier molecular flexibility index (Phi) is 5.63. The topological polar surface area (TPSA) is 182 Å². The van der Waals surface area contributed by atoms with E-state index in [-0.39, 0.29) is 23.0 Å². The van der Waals surface area contributed by atoms with E-state index in [4.69, 9.17) is 26.7 Å². The van der Waals surface area contributed by atoms with Gasteiger partial charge >= 0.3 is 0 Å². The van der Waals surface area contributed by atoms with Gasteiger partial charge in [0.15, 0.2) is 6.19 Å². The number of benzene rings is 1. The molecule has 10 heteroatoms. The number of fused-ring (bicyclic) bond motifs is 1. The maximum Gasteiger partial charge on any atom is 0.211 e. The summed E-state index contributed by atoms with van der Waals surface area (Å²) in [6.07, 6.45) is 2.84. The molecule has 29 heavy (non-hydrogen) atoms. The van der Waals surface area contributed by atoms with E-state index in [0.717, 1.165) is 5.56 Å². The van der Waals surface area contributed by atoms with Crippen molar-refractivity contribution >= 4 is 23.3 Å². The van der Waals surface area contributed by atoms with E-state index in [1.165, 1.54) is 0 Å². The van der Waals surface area contributed by atoms with E-state index >= 15 is 0 Å². The summed E-state index contributed by atoms with van der Waals surface area (Å²) >= 11 is 0. The van der Waals surface area contributed by atoms with Crippen LogP contribution in [0.3, 0.4) is 0 Å². The fourth-order valence-corrected chi connectivity index (χ4v) is 2.94. The highest BCUT2D eigenvalue weighted by Crippen LogP contribution is 2.41. The normalized spacial score (nSPS) is 14.2. The Morgan fingerprint density at radius 3 is 2.79 bits per heavy atom. The molecule has 1 aliphatic rings. The minimum absolute atomic E-state index is 0.0113. The fourth-order valence-electron chi connectivity index (χ4n) is 2.94. The molecule has 0 amide bonds. The van der Waals surface area contributed by atoms with E-state index in [1.807, 2.05) is 12.1 Å². The van der Waals surface area contributed by atoms with Crippen LogP contribution in [-0.2, 0) is 0 Å². The Labute approximate surface area is 167 Å². The first-order valence-corrected chi connectivity index (χ1v) is 8.67. The maximum absolute atomic E-state index is 9.37. The number of nitrogens with zero attached hydrogens (tertiary/aromatic N) is 5. The van der Waals surface area contributed by atoms with Crippen molar-refractivity contribution in [2.45, 2.75) is 18.9 Å². The Balaban J connectivity index is 2.04. The molecule has 1 unspecified atom stereocenters. The van der Waals surface area contributed by atoms with E-state index in [1.54, 1.807) is 24.4 Å². The van der Waals surface area contributed by atoms with Crippen LogP contribution < -0.4 is 26.8 Å². The summed E-state index contributed by atoms with van der Waals surface area (Å²) in [5, 5.41) is 32.3. The van der Waals surface area contributed by atoms with E-state index in [9.17, 15) is 5.26 Å². The van der Waals surface area contributed by atoms with Gasteiger partial charge in [-0.3, -0.25) is 5.32 Å². The predicted octanol–water partition coefficient (Wildman–Crippen LogP) is 1.74. The number of aromatic nitrogens is 1. The van der Waals surface area contributed by atoms with Gasteiger partial charge in [0, 0.05) is 12.0 Å². The lowest BCUT2D eigenvalue weighted by Crippen LogP contribution is -2.32. The van der Waals surface area contributed by atoms with Gasteiger partial charge in [0.1, 0.15) is 35.1 Å². The third-order valence-electron chi connectivity index (χ3n) is 4.23. The highest BCUT2D eigenvalue weighted by Gasteiger charge is 2.29. The maximum atomic E-state index is 9.37. The largest absolute Gasteiger partial charge is 0.494 e. The number of hydrogen-bond donors (Lipinski definition) is 4. The highest BCUT2D eigenvalue weighted by atomic mass is 16.5. The predicted molar refractivity (Wildman–Crippen MR) is 106 cm³/mol. The lowest BCUT2D eigenvalue weighted by atomic mass is 9.95. The zero-order valence-corrected chi connectivity index (χ0v) is 15.3. The number of pyridine rings is 1. The lowest BCUT2D eigenvalue weighted by Gasteiger charge is -2.26. The number of anilines is 3. The standard InChI is InChI=1S/C19H17N9O/c20-6-1-2-7-29-12-5-3-4-11(8-12)16-14-15(23)13(9-21)17(24)27-18(14)28-19(26-16)25-10-22/h3-5,8,16H,1-2,7H2,(H6,23,24,25,26,27,28). The van der Waals surface area contributed by atoms with Gasteiger partial charge in [0.2, 0.25) is 5.96 Å². The van der Waals surface area contributed by atoms with Crippen LogP contribution in [0.4, 0.5) is 17.3 Å². The van der Waals surface area contributed by atoms with Gasteiger partial charge in [-0.1, -0.05) is 12.1 Å². The van der Waals surface area contributed by atoms with Crippen LogP contribution >= 0.6 is 0 Å². The molecule has 0 radical (unpaired) electrons. The molecule has 3 rings (SSSR count). The van der Waals surface area contributed by atoms with E-state index in [0.29, 0.717) is 36.6 Å². The zero-order valence-electron chi connectivity index (χ0n) is 15.3. The van der Waals surface area contributed by atoms with Crippen molar-refractivity contribution in [3.63, 3.8) is 0 Å². The van der Waals surface area contributed by atoms with Gasteiger partial charge in [-0.2, -0.15) is 15.8 Å². The first kappa shape index (κ1) is 19.3. The molecule has 2 heterocycles. The first-order chi connectivity index (χ1) is 14.1. The number of nitriles is 3. The molecule has 10 nitrogen and oxygen atoms in total. The van der Waals surface area contributed by atoms with Crippen molar-refractivity contribution in [3.05, 3.63) is 41.0 Å². The van der Waals surface area contributed by atoms with Gasteiger partial charge in [0.25, 0.3) is 0 Å². The molecular weight excluding hydrogens is 370 g/mol. The van der Waals surface area contributed by atoms with Crippen LogP contribution in [0.15, 0.2) is 29.3 Å². The summed E-state index contributed by atoms with van der Waals surface area (Å²) in [6.45, 7) is 0.406. The Bertz CT molecular complexity index is 1090. The van der Waals surface area contributed by atoms with Gasteiger partial charge in [-0.25, -0.2) is 9.98 Å². The summed E-state index contributed by atoms with van der Waals surface area (Å²) in [5.41, 5.74) is 13.5. The van der Waals surface area contributed by atoms with E-state index < -0.39 is 6.04 Å². The lowest BCUT2D eigenvalue weighted by molar-refractivity contribution is 0.312. The molecule has 1 aromatic carbocycles. The zero-order chi connectivity index (χ0) is 20.8. The Hall–Kier alpha value is -4.49. The smallest absolute Gasteiger partial charge is 0.211 e. The first-order valence-electron chi connectivity index (χ1n) is 8.67. The number of ether oxygens (including phenoxy) is 1. The molecule has 0 saturated carbocycles. The Morgan fingerprint density at radius 2 is 2.07 bits per heavy atom. The number of rotatable bonds is 5. The number of aliphatic imine (C=N–C) groups is 1. The van der Waals surface area contributed by atoms with Crippen LogP contribution in [0.1, 0.15) is 35.6 Å². The van der Waals surface area contributed by atoms with Crippen molar-refractivity contribution in [3.8, 4) is 24.1 Å². The van der Waals surface area contributed by atoms with Crippen molar-refractivity contribution in [1.29, 1.82) is 15.8 Å². The van der Waals surface area contributed by atoms with Gasteiger partial charge < -0.3 is 21.5 Å².